The predicted octanol–water partition coefficient (Wildman–Crippen LogP) is 4.15. The molecular weight excluding hydrogens is 262 g/mol. The van der Waals surface area contributed by atoms with Gasteiger partial charge in [0.05, 0.1) is 13.0 Å². The maximum Gasteiger partial charge on any atom is 0.307 e. The largest absolute Gasteiger partial charge is 0.466 e. The maximum atomic E-state index is 12.2. The highest BCUT2D eigenvalue weighted by molar-refractivity contribution is 5.71. The van der Waals surface area contributed by atoms with E-state index in [0.717, 1.165) is 12.8 Å². The van der Waals surface area contributed by atoms with Crippen molar-refractivity contribution in [3.05, 3.63) is 0 Å². The van der Waals surface area contributed by atoms with E-state index in [1.807, 2.05) is 6.92 Å². The first-order valence-corrected chi connectivity index (χ1v) is 8.88. The smallest absolute Gasteiger partial charge is 0.307 e. The molecule has 0 unspecified atom stereocenters. The summed E-state index contributed by atoms with van der Waals surface area (Å²) in [6.45, 7) is 9.47. The topological polar surface area (TPSA) is 29.5 Å². The second-order valence-electron chi connectivity index (χ2n) is 7.77. The van der Waals surface area contributed by atoms with Crippen molar-refractivity contribution in [1.29, 1.82) is 0 Å². The van der Waals surface area contributed by atoms with Gasteiger partial charge in [0.1, 0.15) is 0 Å². The van der Waals surface area contributed by atoms with E-state index in [9.17, 15) is 4.79 Å². The minimum absolute atomic E-state index is 0.00135. The van der Waals surface area contributed by atoms with E-state index in [2.05, 4.69) is 18.7 Å². The third-order valence-electron chi connectivity index (χ3n) is 5.59. The fourth-order valence-corrected chi connectivity index (χ4v) is 4.02. The summed E-state index contributed by atoms with van der Waals surface area (Å²) in [5.41, 5.74) is 0.510. The molecule has 0 aromatic carbocycles. The van der Waals surface area contributed by atoms with Gasteiger partial charge in [-0.25, -0.2) is 0 Å². The predicted molar refractivity (Wildman–Crippen MR) is 86.3 cm³/mol. The first kappa shape index (κ1) is 16.8. The first-order valence-electron chi connectivity index (χ1n) is 8.88. The Morgan fingerprint density at radius 3 is 2.10 bits per heavy atom. The molecule has 0 aromatic heterocycles. The van der Waals surface area contributed by atoms with Crippen molar-refractivity contribution >= 4 is 5.97 Å². The fourth-order valence-electron chi connectivity index (χ4n) is 4.02. The van der Waals surface area contributed by atoms with Crippen molar-refractivity contribution in [2.75, 3.05) is 19.7 Å². The third-order valence-corrected chi connectivity index (χ3v) is 5.59. The quantitative estimate of drug-likeness (QED) is 0.730. The van der Waals surface area contributed by atoms with Crippen molar-refractivity contribution in [2.24, 2.45) is 5.41 Å². The van der Waals surface area contributed by atoms with Crippen molar-refractivity contribution in [1.82, 2.24) is 4.90 Å². The molecule has 1 saturated heterocycles. The molecule has 3 heteroatoms. The summed E-state index contributed by atoms with van der Waals surface area (Å²) in [5.74, 6) is 0.00135. The Morgan fingerprint density at radius 2 is 1.57 bits per heavy atom. The average molecular weight is 295 g/mol. The molecule has 1 aliphatic carbocycles. The molecule has 1 heterocycles. The van der Waals surface area contributed by atoms with Gasteiger partial charge in [0, 0.05) is 5.54 Å². The number of rotatable bonds is 4. The molecule has 0 amide bonds. The van der Waals surface area contributed by atoms with Gasteiger partial charge in [-0.15, -0.1) is 0 Å². The van der Waals surface area contributed by atoms with Crippen LogP contribution in [0.1, 0.15) is 78.6 Å². The Kier molecular flexibility index (Phi) is 5.70. The number of nitrogens with zero attached hydrogens (tertiary/aromatic N) is 1. The second kappa shape index (κ2) is 7.13. The minimum atomic E-state index is 0.00135. The van der Waals surface area contributed by atoms with Crippen LogP contribution in [-0.4, -0.2) is 36.1 Å². The van der Waals surface area contributed by atoms with E-state index in [1.165, 1.54) is 51.6 Å². The van der Waals surface area contributed by atoms with Gasteiger partial charge < -0.3 is 4.74 Å². The Bertz CT molecular complexity index is 333. The summed E-state index contributed by atoms with van der Waals surface area (Å²) in [6, 6.07) is 0. The van der Waals surface area contributed by atoms with Crippen molar-refractivity contribution in [3.8, 4) is 0 Å². The zero-order chi connectivity index (χ0) is 15.3. The lowest BCUT2D eigenvalue weighted by molar-refractivity contribution is -0.148. The van der Waals surface area contributed by atoms with Crippen LogP contribution in [0.25, 0.3) is 0 Å². The Balaban J connectivity index is 2.11. The van der Waals surface area contributed by atoms with Crippen molar-refractivity contribution in [3.63, 3.8) is 0 Å². The van der Waals surface area contributed by atoms with Gasteiger partial charge in [-0.3, -0.25) is 9.69 Å². The molecule has 2 fully saturated rings. The van der Waals surface area contributed by atoms with Gasteiger partial charge in [-0.05, 0) is 64.0 Å². The summed E-state index contributed by atoms with van der Waals surface area (Å²) >= 11 is 0. The second-order valence-corrected chi connectivity index (χ2v) is 7.77. The van der Waals surface area contributed by atoms with Crippen LogP contribution in [0.3, 0.4) is 0 Å². The number of carbonyl (C=O) groups is 1. The van der Waals surface area contributed by atoms with Crippen molar-refractivity contribution < 1.29 is 9.53 Å². The summed E-state index contributed by atoms with van der Waals surface area (Å²) in [5, 5.41) is 0. The van der Waals surface area contributed by atoms with Crippen LogP contribution in [0.2, 0.25) is 0 Å². The van der Waals surface area contributed by atoms with Gasteiger partial charge >= 0.3 is 5.97 Å². The molecule has 2 rings (SSSR count). The van der Waals surface area contributed by atoms with E-state index < -0.39 is 0 Å². The molecule has 21 heavy (non-hydrogen) atoms. The molecule has 1 saturated carbocycles. The van der Waals surface area contributed by atoms with Gasteiger partial charge in [-0.1, -0.05) is 26.7 Å². The molecule has 122 valence electrons. The Hall–Kier alpha value is -0.570. The molecule has 0 N–H and O–H groups in total. The van der Waals surface area contributed by atoms with Gasteiger partial charge in [-0.2, -0.15) is 0 Å². The average Bonchev–Trinajstić information content (AvgIpc) is 2.71. The number of esters is 1. The van der Waals surface area contributed by atoms with E-state index in [-0.39, 0.29) is 11.5 Å². The lowest BCUT2D eigenvalue weighted by Gasteiger charge is -2.49. The summed E-state index contributed by atoms with van der Waals surface area (Å²) in [7, 11) is 0. The first-order chi connectivity index (χ1) is 9.97. The molecule has 0 spiro atoms. The van der Waals surface area contributed by atoms with E-state index in [4.69, 9.17) is 4.74 Å². The fraction of sp³-hybridized carbons (Fsp3) is 0.944. The number of likely N-dealkylation sites (tertiary alicyclic amines) is 1. The van der Waals surface area contributed by atoms with Crippen LogP contribution < -0.4 is 0 Å². The number of ether oxygens (including phenoxy) is 1. The van der Waals surface area contributed by atoms with E-state index in [0.29, 0.717) is 18.4 Å². The number of carbonyl (C=O) groups excluding carboxylic acids is 1. The number of hydrogen-bond acceptors (Lipinski definition) is 3. The van der Waals surface area contributed by atoms with E-state index >= 15 is 0 Å². The summed E-state index contributed by atoms with van der Waals surface area (Å²) in [6.07, 6.45) is 10.6. The van der Waals surface area contributed by atoms with E-state index in [1.54, 1.807) is 0 Å². The molecular formula is C18H33NO2. The molecule has 0 bridgehead atoms. The van der Waals surface area contributed by atoms with Crippen LogP contribution >= 0.6 is 0 Å². The molecule has 2 aliphatic rings. The lowest BCUT2D eigenvalue weighted by Crippen LogP contribution is -2.53. The van der Waals surface area contributed by atoms with Crippen LogP contribution in [-0.2, 0) is 9.53 Å². The van der Waals surface area contributed by atoms with Crippen LogP contribution in [0.5, 0.6) is 0 Å². The molecule has 0 radical (unpaired) electrons. The normalized spacial score (nSPS) is 26.0. The van der Waals surface area contributed by atoms with Crippen molar-refractivity contribution in [2.45, 2.75) is 84.1 Å². The maximum absolute atomic E-state index is 12.2. The summed E-state index contributed by atoms with van der Waals surface area (Å²) in [4.78, 5) is 14.8. The SMILES string of the molecule is CCOC(=O)CC1(N2CCCCCC2)CCC(C)(C)CC1. The Labute approximate surface area is 130 Å². The number of hydrogen-bond donors (Lipinski definition) is 0. The summed E-state index contributed by atoms with van der Waals surface area (Å²) < 4.78 is 5.28. The monoisotopic (exact) mass is 295 g/mol. The highest BCUT2D eigenvalue weighted by Gasteiger charge is 2.44. The highest BCUT2D eigenvalue weighted by atomic mass is 16.5. The molecule has 0 aromatic rings. The minimum Gasteiger partial charge on any atom is -0.466 e. The zero-order valence-corrected chi connectivity index (χ0v) is 14.2. The van der Waals surface area contributed by atoms with Crippen LogP contribution in [0.4, 0.5) is 0 Å². The van der Waals surface area contributed by atoms with Crippen LogP contribution in [0, 0.1) is 5.41 Å². The van der Waals surface area contributed by atoms with Gasteiger partial charge in [0.15, 0.2) is 0 Å². The standard InChI is InChI=1S/C18H33NO2/c1-4-21-16(20)15-18(11-9-17(2,3)10-12-18)19-13-7-5-6-8-14-19/h4-15H2,1-3H3. The zero-order valence-electron chi connectivity index (χ0n) is 14.2. The molecule has 3 nitrogen and oxygen atoms in total. The molecule has 0 atom stereocenters. The van der Waals surface area contributed by atoms with Gasteiger partial charge in [0.2, 0.25) is 0 Å². The third kappa shape index (κ3) is 4.45. The molecule has 1 aliphatic heterocycles. The Morgan fingerprint density at radius 1 is 1.00 bits per heavy atom. The highest BCUT2D eigenvalue weighted by Crippen LogP contribution is 2.45. The lowest BCUT2D eigenvalue weighted by atomic mass is 9.67. The van der Waals surface area contributed by atoms with Gasteiger partial charge in [0.25, 0.3) is 0 Å². The van der Waals surface area contributed by atoms with Crippen LogP contribution in [0.15, 0.2) is 0 Å².